The van der Waals surface area contributed by atoms with Gasteiger partial charge in [0.15, 0.2) is 16.3 Å². The van der Waals surface area contributed by atoms with E-state index in [-0.39, 0.29) is 5.91 Å². The van der Waals surface area contributed by atoms with E-state index in [0.29, 0.717) is 28.4 Å². The minimum atomic E-state index is -0.223. The minimum Gasteiger partial charge on any atom is -0.493 e. The van der Waals surface area contributed by atoms with Gasteiger partial charge in [0.05, 0.1) is 24.4 Å². The van der Waals surface area contributed by atoms with Crippen LogP contribution in [-0.2, 0) is 6.54 Å². The molecule has 1 aromatic heterocycles. The molecule has 0 aliphatic heterocycles. The number of carbonyl (C=O) groups excluding carboxylic acids is 1. The van der Waals surface area contributed by atoms with Crippen molar-refractivity contribution < 1.29 is 14.3 Å². The van der Waals surface area contributed by atoms with Gasteiger partial charge in [-0.2, -0.15) is 4.99 Å². The number of aromatic nitrogens is 1. The average molecular weight is 370 g/mol. The zero-order chi connectivity index (χ0) is 18.8. The summed E-state index contributed by atoms with van der Waals surface area (Å²) < 4.78 is 13.8. The fourth-order valence-corrected chi connectivity index (χ4v) is 4.00. The first-order chi connectivity index (χ1) is 12.5. The number of nitrogens with zero attached hydrogens (tertiary/aromatic N) is 2. The van der Waals surface area contributed by atoms with Crippen molar-refractivity contribution in [1.29, 1.82) is 0 Å². The highest BCUT2D eigenvalue weighted by atomic mass is 32.1. The van der Waals surface area contributed by atoms with Crippen molar-refractivity contribution in [3.63, 3.8) is 0 Å². The molecule has 136 valence electrons. The monoisotopic (exact) mass is 370 g/mol. The third kappa shape index (κ3) is 3.24. The third-order valence-corrected chi connectivity index (χ3v) is 5.37. The summed E-state index contributed by atoms with van der Waals surface area (Å²) in [5.74, 6) is 1.10. The highest BCUT2D eigenvalue weighted by Gasteiger charge is 2.14. The maximum atomic E-state index is 12.8. The van der Waals surface area contributed by atoms with Gasteiger partial charge in [-0.25, -0.2) is 0 Å². The van der Waals surface area contributed by atoms with Crippen LogP contribution in [0.2, 0.25) is 0 Å². The Labute approximate surface area is 156 Å². The first-order valence-electron chi connectivity index (χ1n) is 8.40. The number of ether oxygens (including phenoxy) is 2. The Bertz CT molecular complexity index is 1050. The molecule has 0 aliphatic rings. The molecule has 0 saturated heterocycles. The normalized spacial score (nSPS) is 11.8. The van der Waals surface area contributed by atoms with Gasteiger partial charge in [0, 0.05) is 24.2 Å². The van der Waals surface area contributed by atoms with Crippen LogP contribution in [0.5, 0.6) is 11.5 Å². The van der Waals surface area contributed by atoms with Crippen LogP contribution in [-0.4, -0.2) is 24.7 Å². The molecule has 0 unspecified atom stereocenters. The highest BCUT2D eigenvalue weighted by molar-refractivity contribution is 7.16. The standard InChI is InChI=1S/C20H22N2O3S/c1-6-22-15-10-16(24-4)17(25-5)11-18(15)26-20(22)21-19(23)14-9-12(2)7-8-13(14)3/h7-11H,6H2,1-5H3. The Balaban J connectivity index is 2.19. The average Bonchev–Trinajstić information content (AvgIpc) is 2.97. The summed E-state index contributed by atoms with van der Waals surface area (Å²) in [5.41, 5.74) is 3.59. The number of hydrogen-bond acceptors (Lipinski definition) is 4. The van der Waals surface area contributed by atoms with Gasteiger partial charge in [-0.05, 0) is 32.4 Å². The smallest absolute Gasteiger partial charge is 0.279 e. The van der Waals surface area contributed by atoms with E-state index >= 15 is 0 Å². The molecular formula is C20H22N2O3S. The van der Waals surface area contributed by atoms with E-state index in [9.17, 15) is 4.79 Å². The molecule has 0 N–H and O–H groups in total. The van der Waals surface area contributed by atoms with Crippen LogP contribution in [0.15, 0.2) is 35.3 Å². The molecule has 1 amide bonds. The number of thiazole rings is 1. The van der Waals surface area contributed by atoms with E-state index in [4.69, 9.17) is 9.47 Å². The zero-order valence-electron chi connectivity index (χ0n) is 15.6. The summed E-state index contributed by atoms with van der Waals surface area (Å²) in [5, 5.41) is 0. The quantitative estimate of drug-likeness (QED) is 0.695. The molecule has 5 nitrogen and oxygen atoms in total. The van der Waals surface area contributed by atoms with Crippen LogP contribution in [0, 0.1) is 13.8 Å². The van der Waals surface area contributed by atoms with Crippen molar-refractivity contribution in [3.8, 4) is 11.5 Å². The lowest BCUT2D eigenvalue weighted by Gasteiger charge is -2.08. The molecule has 0 aliphatic carbocycles. The number of aryl methyl sites for hydroxylation is 3. The number of carbonyl (C=O) groups is 1. The van der Waals surface area contributed by atoms with Crippen LogP contribution >= 0.6 is 11.3 Å². The SMILES string of the molecule is CCn1c(=NC(=O)c2cc(C)ccc2C)sc2cc(OC)c(OC)cc21. The maximum Gasteiger partial charge on any atom is 0.279 e. The number of hydrogen-bond donors (Lipinski definition) is 0. The molecule has 0 radical (unpaired) electrons. The second-order valence-corrected chi connectivity index (χ2v) is 7.05. The van der Waals surface area contributed by atoms with Gasteiger partial charge < -0.3 is 14.0 Å². The van der Waals surface area contributed by atoms with E-state index in [2.05, 4.69) is 4.99 Å². The lowest BCUT2D eigenvalue weighted by atomic mass is 10.1. The van der Waals surface area contributed by atoms with Gasteiger partial charge in [-0.3, -0.25) is 4.79 Å². The first kappa shape index (κ1) is 18.2. The molecule has 0 atom stereocenters. The van der Waals surface area contributed by atoms with E-state index in [1.165, 1.54) is 11.3 Å². The Morgan fingerprint density at radius 1 is 1.12 bits per heavy atom. The Hall–Kier alpha value is -2.60. The summed E-state index contributed by atoms with van der Waals surface area (Å²) in [6, 6.07) is 9.68. The van der Waals surface area contributed by atoms with Crippen molar-refractivity contribution >= 4 is 27.5 Å². The van der Waals surface area contributed by atoms with E-state index in [0.717, 1.165) is 21.3 Å². The summed E-state index contributed by atoms with van der Waals surface area (Å²) in [4.78, 5) is 17.8. The third-order valence-electron chi connectivity index (χ3n) is 4.32. The summed E-state index contributed by atoms with van der Waals surface area (Å²) in [6.07, 6.45) is 0. The van der Waals surface area contributed by atoms with Crippen LogP contribution in [0.3, 0.4) is 0 Å². The van der Waals surface area contributed by atoms with Crippen LogP contribution in [0.1, 0.15) is 28.4 Å². The molecule has 26 heavy (non-hydrogen) atoms. The van der Waals surface area contributed by atoms with Gasteiger partial charge in [-0.1, -0.05) is 29.0 Å². The van der Waals surface area contributed by atoms with Crippen LogP contribution in [0.25, 0.3) is 10.2 Å². The van der Waals surface area contributed by atoms with Crippen molar-refractivity contribution in [3.05, 3.63) is 51.8 Å². The fraction of sp³-hybridized carbons (Fsp3) is 0.300. The molecule has 0 saturated carbocycles. The van der Waals surface area contributed by atoms with Gasteiger partial charge in [-0.15, -0.1) is 0 Å². The lowest BCUT2D eigenvalue weighted by molar-refractivity contribution is 0.0997. The van der Waals surface area contributed by atoms with Crippen molar-refractivity contribution in [2.75, 3.05) is 14.2 Å². The van der Waals surface area contributed by atoms with Crippen molar-refractivity contribution in [1.82, 2.24) is 4.57 Å². The van der Waals surface area contributed by atoms with Crippen molar-refractivity contribution in [2.45, 2.75) is 27.3 Å². The van der Waals surface area contributed by atoms with Crippen LogP contribution in [0.4, 0.5) is 0 Å². The largest absolute Gasteiger partial charge is 0.493 e. The second-order valence-electron chi connectivity index (χ2n) is 6.04. The number of fused-ring (bicyclic) bond motifs is 1. The highest BCUT2D eigenvalue weighted by Crippen LogP contribution is 2.33. The second kappa shape index (κ2) is 7.33. The van der Waals surface area contributed by atoms with Crippen LogP contribution < -0.4 is 14.3 Å². The molecule has 6 heteroatoms. The molecule has 2 aromatic carbocycles. The Morgan fingerprint density at radius 2 is 1.81 bits per heavy atom. The summed E-state index contributed by atoms with van der Waals surface area (Å²) in [6.45, 7) is 6.63. The number of methoxy groups -OCH3 is 2. The predicted molar refractivity (Wildman–Crippen MR) is 104 cm³/mol. The van der Waals surface area contributed by atoms with Gasteiger partial charge >= 0.3 is 0 Å². The van der Waals surface area contributed by atoms with Gasteiger partial charge in [0.1, 0.15) is 0 Å². The van der Waals surface area contributed by atoms with Crippen molar-refractivity contribution in [2.24, 2.45) is 4.99 Å². The Morgan fingerprint density at radius 3 is 2.46 bits per heavy atom. The topological polar surface area (TPSA) is 52.8 Å². The van der Waals surface area contributed by atoms with Gasteiger partial charge in [0.25, 0.3) is 5.91 Å². The zero-order valence-corrected chi connectivity index (χ0v) is 16.4. The molecule has 3 aromatic rings. The summed E-state index contributed by atoms with van der Waals surface area (Å²) >= 11 is 1.47. The number of benzene rings is 2. The fourth-order valence-electron chi connectivity index (χ4n) is 2.90. The molecule has 0 bridgehead atoms. The number of amides is 1. The summed E-state index contributed by atoms with van der Waals surface area (Å²) in [7, 11) is 3.22. The van der Waals surface area contributed by atoms with E-state index in [1.54, 1.807) is 14.2 Å². The molecule has 1 heterocycles. The predicted octanol–water partition coefficient (Wildman–Crippen LogP) is 4.10. The lowest BCUT2D eigenvalue weighted by Crippen LogP contribution is -2.16. The first-order valence-corrected chi connectivity index (χ1v) is 9.21. The van der Waals surface area contributed by atoms with E-state index in [1.807, 2.05) is 55.7 Å². The molecule has 0 spiro atoms. The maximum absolute atomic E-state index is 12.8. The Kier molecular flexibility index (Phi) is 5.13. The number of rotatable bonds is 4. The molecular weight excluding hydrogens is 348 g/mol. The van der Waals surface area contributed by atoms with E-state index < -0.39 is 0 Å². The minimum absolute atomic E-state index is 0.223. The van der Waals surface area contributed by atoms with Gasteiger partial charge in [0.2, 0.25) is 0 Å². The molecule has 3 rings (SSSR count). The molecule has 0 fully saturated rings.